The minimum Gasteiger partial charge on any atom is -0.152 e. The summed E-state index contributed by atoms with van der Waals surface area (Å²) >= 11 is 2.02. The summed E-state index contributed by atoms with van der Waals surface area (Å²) in [6, 6.07) is 22.7. The average Bonchev–Trinajstić information content (AvgIpc) is 2.95. The van der Waals surface area contributed by atoms with Crippen LogP contribution in [0.3, 0.4) is 0 Å². The molecule has 1 heterocycles. The first kappa shape index (κ1) is 11.6. The highest BCUT2D eigenvalue weighted by molar-refractivity contribution is 7.98. The lowest BCUT2D eigenvalue weighted by atomic mass is 9.97. The molecule has 0 amide bonds. The Labute approximate surface area is 127 Å². The topological polar surface area (TPSA) is 0 Å². The van der Waals surface area contributed by atoms with Crippen molar-refractivity contribution in [1.29, 1.82) is 0 Å². The van der Waals surface area contributed by atoms with E-state index in [9.17, 15) is 0 Å². The maximum Gasteiger partial charge on any atom is 0.0191 e. The van der Waals surface area contributed by atoms with Crippen molar-refractivity contribution in [2.75, 3.05) is 0 Å². The second-order valence-corrected chi connectivity index (χ2v) is 6.85. The summed E-state index contributed by atoms with van der Waals surface area (Å²) in [5.74, 6) is 2.34. The highest BCUT2D eigenvalue weighted by atomic mass is 32.2. The van der Waals surface area contributed by atoms with Crippen LogP contribution >= 0.6 is 11.8 Å². The van der Waals surface area contributed by atoms with Crippen molar-refractivity contribution in [2.24, 2.45) is 0 Å². The van der Waals surface area contributed by atoms with Gasteiger partial charge in [-0.3, -0.25) is 0 Å². The molecular weight excluding hydrogens is 272 g/mol. The van der Waals surface area contributed by atoms with Gasteiger partial charge in [0.15, 0.2) is 0 Å². The number of benzene rings is 4. The Hall–Kier alpha value is -1.99. The lowest BCUT2D eigenvalue weighted by Crippen LogP contribution is -1.84. The van der Waals surface area contributed by atoms with E-state index in [1.807, 2.05) is 11.8 Å². The van der Waals surface area contributed by atoms with Crippen LogP contribution in [0.1, 0.15) is 11.1 Å². The van der Waals surface area contributed by atoms with Gasteiger partial charge >= 0.3 is 0 Å². The maximum absolute atomic E-state index is 2.39. The van der Waals surface area contributed by atoms with E-state index >= 15 is 0 Å². The summed E-state index contributed by atoms with van der Waals surface area (Å²) in [6.07, 6.45) is 0. The molecule has 1 heteroatoms. The van der Waals surface area contributed by atoms with Crippen molar-refractivity contribution < 1.29 is 0 Å². The van der Waals surface area contributed by atoms with Crippen molar-refractivity contribution in [3.05, 3.63) is 71.8 Å². The minimum atomic E-state index is 1.17. The van der Waals surface area contributed by atoms with E-state index in [0.29, 0.717) is 0 Å². The highest BCUT2D eigenvalue weighted by Crippen LogP contribution is 2.35. The fourth-order valence-corrected chi connectivity index (χ4v) is 4.46. The molecule has 0 bridgehead atoms. The van der Waals surface area contributed by atoms with Crippen LogP contribution in [0.2, 0.25) is 0 Å². The van der Waals surface area contributed by atoms with Gasteiger partial charge in [-0.1, -0.05) is 24.3 Å². The molecule has 0 spiro atoms. The number of hydrogen-bond donors (Lipinski definition) is 0. The predicted octanol–water partition coefficient (Wildman–Crippen LogP) is 5.89. The normalized spacial score (nSPS) is 14.1. The Morgan fingerprint density at radius 3 is 1.48 bits per heavy atom. The van der Waals surface area contributed by atoms with Crippen LogP contribution in [0, 0.1) is 0 Å². The minimum absolute atomic E-state index is 1.17. The lowest BCUT2D eigenvalue weighted by molar-refractivity contribution is 1.38. The van der Waals surface area contributed by atoms with Gasteiger partial charge in [-0.25, -0.2) is 0 Å². The van der Waals surface area contributed by atoms with Crippen molar-refractivity contribution in [2.45, 2.75) is 11.5 Å². The smallest absolute Gasteiger partial charge is 0.0191 e. The second kappa shape index (κ2) is 4.25. The Bertz CT molecular complexity index is 933. The molecule has 1 aliphatic heterocycles. The van der Waals surface area contributed by atoms with E-state index in [1.165, 1.54) is 54.9 Å². The Balaban J connectivity index is 1.89. The first-order chi connectivity index (χ1) is 10.4. The Kier molecular flexibility index (Phi) is 2.36. The molecule has 0 unspecified atom stereocenters. The average molecular weight is 286 g/mol. The third-order valence-electron chi connectivity index (χ3n) is 4.49. The fourth-order valence-electron chi connectivity index (χ4n) is 3.38. The largest absolute Gasteiger partial charge is 0.152 e. The van der Waals surface area contributed by atoms with E-state index in [4.69, 9.17) is 0 Å². The van der Waals surface area contributed by atoms with Gasteiger partial charge in [-0.05, 0) is 79.8 Å². The van der Waals surface area contributed by atoms with Crippen molar-refractivity contribution in [3.8, 4) is 0 Å². The zero-order chi connectivity index (χ0) is 13.8. The van der Waals surface area contributed by atoms with E-state index in [2.05, 4.69) is 60.7 Å². The van der Waals surface area contributed by atoms with Gasteiger partial charge in [0.05, 0.1) is 0 Å². The van der Waals surface area contributed by atoms with Crippen molar-refractivity contribution in [1.82, 2.24) is 0 Å². The lowest BCUT2D eigenvalue weighted by Gasteiger charge is -2.07. The van der Waals surface area contributed by atoms with Crippen LogP contribution in [-0.4, -0.2) is 0 Å². The van der Waals surface area contributed by atoms with Crippen LogP contribution in [0.4, 0.5) is 0 Å². The van der Waals surface area contributed by atoms with Gasteiger partial charge in [0.1, 0.15) is 0 Å². The molecule has 0 aliphatic carbocycles. The molecule has 100 valence electrons. The Morgan fingerprint density at radius 2 is 0.952 bits per heavy atom. The molecule has 0 aromatic heterocycles. The molecule has 0 saturated carbocycles. The highest BCUT2D eigenvalue weighted by Gasteiger charge is 2.12. The van der Waals surface area contributed by atoms with Gasteiger partial charge < -0.3 is 0 Å². The third-order valence-corrected chi connectivity index (χ3v) is 5.52. The summed E-state index contributed by atoms with van der Waals surface area (Å²) in [4.78, 5) is 0. The van der Waals surface area contributed by atoms with Crippen LogP contribution < -0.4 is 0 Å². The van der Waals surface area contributed by atoms with Crippen molar-refractivity contribution >= 4 is 44.1 Å². The molecule has 0 N–H and O–H groups in total. The van der Waals surface area contributed by atoms with Gasteiger partial charge in [-0.15, -0.1) is 0 Å². The SMILES string of the molecule is c1ccc2cc3cc4cc5c(cc4cc3cc2c1)CSC5. The van der Waals surface area contributed by atoms with Gasteiger partial charge in [0, 0.05) is 11.5 Å². The summed E-state index contributed by atoms with van der Waals surface area (Å²) in [5.41, 5.74) is 3.04. The van der Waals surface area contributed by atoms with Crippen molar-refractivity contribution in [3.63, 3.8) is 0 Å². The van der Waals surface area contributed by atoms with E-state index < -0.39 is 0 Å². The van der Waals surface area contributed by atoms with Crippen LogP contribution in [-0.2, 0) is 11.5 Å². The molecule has 0 radical (unpaired) electrons. The first-order valence-corrected chi connectivity index (χ1v) is 8.48. The van der Waals surface area contributed by atoms with Crippen LogP contribution in [0.25, 0.3) is 32.3 Å². The maximum atomic E-state index is 2.39. The molecule has 1 aliphatic rings. The summed E-state index contributed by atoms with van der Waals surface area (Å²) in [5, 5.41) is 8.07. The molecule has 0 nitrogen and oxygen atoms in total. The van der Waals surface area contributed by atoms with E-state index in [1.54, 1.807) is 0 Å². The summed E-state index contributed by atoms with van der Waals surface area (Å²) in [6.45, 7) is 0. The number of hydrogen-bond acceptors (Lipinski definition) is 1. The van der Waals surface area contributed by atoms with Crippen LogP contribution in [0.5, 0.6) is 0 Å². The monoisotopic (exact) mass is 286 g/mol. The van der Waals surface area contributed by atoms with E-state index in [-0.39, 0.29) is 0 Å². The first-order valence-electron chi connectivity index (χ1n) is 7.33. The van der Waals surface area contributed by atoms with Gasteiger partial charge in [0.2, 0.25) is 0 Å². The zero-order valence-electron chi connectivity index (χ0n) is 11.6. The summed E-state index contributed by atoms with van der Waals surface area (Å²) < 4.78 is 0. The molecule has 5 rings (SSSR count). The second-order valence-electron chi connectivity index (χ2n) is 5.86. The molecule has 0 saturated heterocycles. The third kappa shape index (κ3) is 1.77. The Morgan fingerprint density at radius 1 is 0.524 bits per heavy atom. The summed E-state index contributed by atoms with van der Waals surface area (Å²) in [7, 11) is 0. The predicted molar refractivity (Wildman–Crippen MR) is 94.0 cm³/mol. The molecule has 21 heavy (non-hydrogen) atoms. The molecule has 4 aromatic rings. The molecule has 4 aromatic carbocycles. The number of rotatable bonds is 0. The van der Waals surface area contributed by atoms with Crippen LogP contribution in [0.15, 0.2) is 60.7 Å². The zero-order valence-corrected chi connectivity index (χ0v) is 12.4. The molecular formula is C20H14S. The number of fused-ring (bicyclic) bond motifs is 4. The number of thioether (sulfide) groups is 1. The molecule has 0 atom stereocenters. The standard InChI is InChI=1S/C20H14S/c1-2-4-14-6-16-8-18-10-20-12-21-11-19(20)9-17(18)7-15(16)5-13(14)3-1/h1-10H,11-12H2. The van der Waals surface area contributed by atoms with E-state index in [0.717, 1.165) is 0 Å². The molecule has 0 fully saturated rings. The van der Waals surface area contributed by atoms with Gasteiger partial charge in [-0.2, -0.15) is 11.8 Å². The quantitative estimate of drug-likeness (QED) is 0.363. The fraction of sp³-hybridized carbons (Fsp3) is 0.100. The van der Waals surface area contributed by atoms with Gasteiger partial charge in [0.25, 0.3) is 0 Å².